The van der Waals surface area contributed by atoms with Crippen LogP contribution in [0.4, 0.5) is 10.9 Å². The first kappa shape index (κ1) is 15.8. The Kier molecular flexibility index (Phi) is 4.79. The zero-order chi connectivity index (χ0) is 14.8. The average Bonchev–Trinajstić information content (AvgIpc) is 2.54. The molecule has 0 bridgehead atoms. The Morgan fingerprint density at radius 1 is 1.47 bits per heavy atom. The van der Waals surface area contributed by atoms with Crippen LogP contribution < -0.4 is 11.1 Å². The topological polar surface area (TPSA) is 71.2 Å². The molecule has 1 heterocycles. The first-order valence-corrected chi connectivity index (χ1v) is 7.21. The van der Waals surface area contributed by atoms with Crippen molar-refractivity contribution in [1.29, 1.82) is 0 Å². The number of aromatic nitrogens is 1. The fraction of sp³-hybridized carbons (Fsp3) is 0.692. The molecule has 0 spiro atoms. The zero-order valence-electron chi connectivity index (χ0n) is 12.6. The van der Waals surface area contributed by atoms with E-state index in [4.69, 9.17) is 5.73 Å². The second-order valence-corrected chi connectivity index (χ2v) is 7.19. The number of amides is 1. The molecule has 0 aliphatic carbocycles. The summed E-state index contributed by atoms with van der Waals surface area (Å²) in [5.41, 5.74) is 5.74. The summed E-state index contributed by atoms with van der Waals surface area (Å²) in [6.07, 6.45) is 0. The van der Waals surface area contributed by atoms with Crippen LogP contribution in [0.25, 0.3) is 0 Å². The van der Waals surface area contributed by atoms with Gasteiger partial charge in [0.1, 0.15) is 10.7 Å². The fourth-order valence-corrected chi connectivity index (χ4v) is 2.75. The van der Waals surface area contributed by atoms with Crippen molar-refractivity contribution in [2.75, 3.05) is 24.6 Å². The van der Waals surface area contributed by atoms with Gasteiger partial charge in [0.2, 0.25) is 0 Å². The first-order chi connectivity index (χ1) is 8.60. The molecule has 5 nitrogen and oxygen atoms in total. The Hall–Kier alpha value is -1.30. The number of anilines is 2. The van der Waals surface area contributed by atoms with Gasteiger partial charge in [0.25, 0.3) is 5.91 Å². The highest BCUT2D eigenvalue weighted by molar-refractivity contribution is 7.18. The van der Waals surface area contributed by atoms with E-state index < -0.39 is 0 Å². The number of nitrogens with one attached hydrogen (secondary N) is 1. The summed E-state index contributed by atoms with van der Waals surface area (Å²) in [5.74, 6) is 0.665. The van der Waals surface area contributed by atoms with Gasteiger partial charge >= 0.3 is 0 Å². The van der Waals surface area contributed by atoms with E-state index in [1.807, 2.05) is 20.8 Å². The summed E-state index contributed by atoms with van der Waals surface area (Å²) in [6, 6.07) is 0. The second kappa shape index (κ2) is 5.77. The number of carbonyl (C=O) groups is 1. The lowest BCUT2D eigenvalue weighted by atomic mass is 10.1. The van der Waals surface area contributed by atoms with Crippen molar-refractivity contribution in [3.05, 3.63) is 4.88 Å². The van der Waals surface area contributed by atoms with Crippen LogP contribution in [-0.4, -0.2) is 34.9 Å². The SMILES string of the molecule is CC(C)CN(C)C(=O)c1sc(NC(C)(C)C)nc1N. The van der Waals surface area contributed by atoms with E-state index in [2.05, 4.69) is 24.1 Å². The van der Waals surface area contributed by atoms with Gasteiger partial charge < -0.3 is 16.0 Å². The lowest BCUT2D eigenvalue weighted by Gasteiger charge is -2.19. The number of thiazole rings is 1. The van der Waals surface area contributed by atoms with Gasteiger partial charge in [0.15, 0.2) is 5.13 Å². The van der Waals surface area contributed by atoms with Gasteiger partial charge in [-0.1, -0.05) is 25.2 Å². The second-order valence-electron chi connectivity index (χ2n) is 6.19. The Morgan fingerprint density at radius 3 is 2.53 bits per heavy atom. The third kappa shape index (κ3) is 4.70. The maximum absolute atomic E-state index is 12.3. The minimum Gasteiger partial charge on any atom is -0.382 e. The molecule has 0 atom stereocenters. The number of nitrogens with zero attached hydrogens (tertiary/aromatic N) is 2. The van der Waals surface area contributed by atoms with Crippen LogP contribution in [0.3, 0.4) is 0 Å². The largest absolute Gasteiger partial charge is 0.382 e. The summed E-state index contributed by atoms with van der Waals surface area (Å²) >= 11 is 1.31. The molecule has 3 N–H and O–H groups in total. The van der Waals surface area contributed by atoms with E-state index in [0.29, 0.717) is 28.3 Å². The van der Waals surface area contributed by atoms with Crippen molar-refractivity contribution in [3.8, 4) is 0 Å². The number of carbonyl (C=O) groups excluding carboxylic acids is 1. The molecule has 0 radical (unpaired) electrons. The smallest absolute Gasteiger partial charge is 0.267 e. The summed E-state index contributed by atoms with van der Waals surface area (Å²) < 4.78 is 0. The van der Waals surface area contributed by atoms with E-state index in [1.54, 1.807) is 11.9 Å². The Balaban J connectivity index is 2.87. The molecule has 108 valence electrons. The fourth-order valence-electron chi connectivity index (χ4n) is 1.66. The van der Waals surface area contributed by atoms with E-state index in [-0.39, 0.29) is 11.4 Å². The van der Waals surface area contributed by atoms with Crippen LogP contribution >= 0.6 is 11.3 Å². The van der Waals surface area contributed by atoms with Crippen LogP contribution in [0.5, 0.6) is 0 Å². The highest BCUT2D eigenvalue weighted by Gasteiger charge is 2.21. The van der Waals surface area contributed by atoms with Crippen molar-refractivity contribution in [1.82, 2.24) is 9.88 Å². The van der Waals surface area contributed by atoms with E-state index in [9.17, 15) is 4.79 Å². The van der Waals surface area contributed by atoms with Gasteiger partial charge in [0, 0.05) is 19.1 Å². The highest BCUT2D eigenvalue weighted by Crippen LogP contribution is 2.28. The Morgan fingerprint density at radius 2 is 2.05 bits per heavy atom. The number of nitrogens with two attached hydrogens (primary N) is 1. The molecule has 1 amide bonds. The van der Waals surface area contributed by atoms with Gasteiger partial charge in [-0.2, -0.15) is 0 Å². The quantitative estimate of drug-likeness (QED) is 0.891. The molecular formula is C13H24N4OS. The highest BCUT2D eigenvalue weighted by atomic mass is 32.1. The molecule has 0 aliphatic rings. The van der Waals surface area contributed by atoms with Crippen molar-refractivity contribution >= 4 is 28.2 Å². The monoisotopic (exact) mass is 284 g/mol. The molecule has 1 aromatic rings. The molecule has 1 aromatic heterocycles. The van der Waals surface area contributed by atoms with Crippen LogP contribution in [0.15, 0.2) is 0 Å². The maximum atomic E-state index is 12.3. The normalized spacial score (nSPS) is 11.7. The van der Waals surface area contributed by atoms with Crippen LogP contribution in [-0.2, 0) is 0 Å². The number of hydrogen-bond donors (Lipinski definition) is 2. The first-order valence-electron chi connectivity index (χ1n) is 6.40. The van der Waals surface area contributed by atoms with Crippen LogP contribution in [0.1, 0.15) is 44.3 Å². The number of hydrogen-bond acceptors (Lipinski definition) is 5. The van der Waals surface area contributed by atoms with Crippen molar-refractivity contribution in [2.24, 2.45) is 5.92 Å². The van der Waals surface area contributed by atoms with Crippen molar-refractivity contribution < 1.29 is 4.79 Å². The lowest BCUT2D eigenvalue weighted by molar-refractivity contribution is 0.0784. The lowest BCUT2D eigenvalue weighted by Crippen LogP contribution is -2.30. The predicted octanol–water partition coefficient (Wildman–Crippen LogP) is 2.66. The van der Waals surface area contributed by atoms with Gasteiger partial charge in [-0.3, -0.25) is 4.79 Å². The van der Waals surface area contributed by atoms with Crippen LogP contribution in [0.2, 0.25) is 0 Å². The molecule has 0 saturated heterocycles. The number of rotatable bonds is 4. The van der Waals surface area contributed by atoms with Crippen LogP contribution in [0, 0.1) is 5.92 Å². The Bertz CT molecular complexity index is 448. The van der Waals surface area contributed by atoms with E-state index in [1.165, 1.54) is 11.3 Å². The summed E-state index contributed by atoms with van der Waals surface area (Å²) in [5, 5.41) is 3.92. The third-order valence-electron chi connectivity index (χ3n) is 2.32. The van der Waals surface area contributed by atoms with E-state index >= 15 is 0 Å². The van der Waals surface area contributed by atoms with Gasteiger partial charge in [0.05, 0.1) is 0 Å². The molecule has 19 heavy (non-hydrogen) atoms. The summed E-state index contributed by atoms with van der Waals surface area (Å²) in [4.78, 5) is 18.7. The predicted molar refractivity (Wildman–Crippen MR) is 81.7 cm³/mol. The molecular weight excluding hydrogens is 260 g/mol. The molecule has 0 aromatic carbocycles. The van der Waals surface area contributed by atoms with Crippen molar-refractivity contribution in [3.63, 3.8) is 0 Å². The molecule has 0 aliphatic heterocycles. The number of nitrogen functional groups attached to an aromatic ring is 1. The molecule has 0 fully saturated rings. The third-order valence-corrected chi connectivity index (χ3v) is 3.29. The van der Waals surface area contributed by atoms with Gasteiger partial charge in [-0.15, -0.1) is 0 Å². The maximum Gasteiger partial charge on any atom is 0.267 e. The average molecular weight is 284 g/mol. The standard InChI is InChI=1S/C13H24N4OS/c1-8(2)7-17(6)11(18)9-10(14)15-12(19-9)16-13(3,4)5/h8H,7,14H2,1-6H3,(H,15,16). The van der Waals surface area contributed by atoms with Gasteiger partial charge in [-0.05, 0) is 26.7 Å². The summed E-state index contributed by atoms with van der Waals surface area (Å²) in [6.45, 7) is 11.0. The molecule has 0 unspecified atom stereocenters. The zero-order valence-corrected chi connectivity index (χ0v) is 13.4. The molecule has 1 rings (SSSR count). The van der Waals surface area contributed by atoms with Gasteiger partial charge in [-0.25, -0.2) is 4.98 Å². The molecule has 6 heteroatoms. The minimum atomic E-state index is -0.103. The van der Waals surface area contributed by atoms with Crippen molar-refractivity contribution in [2.45, 2.75) is 40.2 Å². The summed E-state index contributed by atoms with van der Waals surface area (Å²) in [7, 11) is 1.79. The molecule has 0 saturated carbocycles. The van der Waals surface area contributed by atoms with E-state index in [0.717, 1.165) is 0 Å². The Labute approximate surface area is 119 Å². The minimum absolute atomic E-state index is 0.0642.